The Hall–Kier alpha value is -1.44. The molecule has 2 fully saturated rings. The summed E-state index contributed by atoms with van der Waals surface area (Å²) in [5.74, 6) is -0.627. The number of nitrogens with two attached hydrogens (primary N) is 1. The fourth-order valence-electron chi connectivity index (χ4n) is 3.76. The van der Waals surface area contributed by atoms with Gasteiger partial charge in [-0.1, -0.05) is 6.07 Å². The normalized spacial score (nSPS) is 24.8. The zero-order valence-corrected chi connectivity index (χ0v) is 14.0. The molecule has 1 amide bonds. The van der Waals surface area contributed by atoms with Crippen LogP contribution in [0.3, 0.4) is 0 Å². The number of sulfonamides is 1. The van der Waals surface area contributed by atoms with Gasteiger partial charge in [-0.05, 0) is 49.8 Å². The third kappa shape index (κ3) is 2.77. The molecule has 23 heavy (non-hydrogen) atoms. The van der Waals surface area contributed by atoms with Crippen molar-refractivity contribution < 1.29 is 17.9 Å². The van der Waals surface area contributed by atoms with E-state index in [1.54, 1.807) is 10.4 Å². The van der Waals surface area contributed by atoms with E-state index in [1.807, 2.05) is 6.92 Å². The van der Waals surface area contributed by atoms with Gasteiger partial charge in [-0.3, -0.25) is 4.79 Å². The van der Waals surface area contributed by atoms with Crippen LogP contribution >= 0.6 is 0 Å². The fraction of sp³-hybridized carbons (Fsp3) is 0.562. The molecule has 7 heteroatoms. The van der Waals surface area contributed by atoms with E-state index in [1.165, 1.54) is 18.2 Å². The van der Waals surface area contributed by atoms with Crippen molar-refractivity contribution in [2.45, 2.75) is 37.1 Å². The van der Waals surface area contributed by atoms with Crippen molar-refractivity contribution in [2.75, 3.05) is 19.8 Å². The molecule has 2 heterocycles. The number of nitrogens with zero attached hydrogens (tertiary/aromatic N) is 1. The van der Waals surface area contributed by atoms with Gasteiger partial charge in [-0.2, -0.15) is 4.31 Å². The Kier molecular flexibility index (Phi) is 4.20. The molecule has 2 aliphatic heterocycles. The highest BCUT2D eigenvalue weighted by molar-refractivity contribution is 7.89. The van der Waals surface area contributed by atoms with Crippen LogP contribution in [-0.2, 0) is 14.8 Å². The molecule has 0 radical (unpaired) electrons. The van der Waals surface area contributed by atoms with Gasteiger partial charge in [-0.15, -0.1) is 0 Å². The molecule has 0 aromatic heterocycles. The van der Waals surface area contributed by atoms with E-state index in [0.29, 0.717) is 19.8 Å². The van der Waals surface area contributed by atoms with Crippen molar-refractivity contribution in [2.24, 2.45) is 11.1 Å². The molecule has 1 aromatic rings. The second-order valence-corrected chi connectivity index (χ2v) is 8.30. The predicted octanol–water partition coefficient (Wildman–Crippen LogP) is 1.37. The van der Waals surface area contributed by atoms with Gasteiger partial charge in [0.15, 0.2) is 0 Å². The summed E-state index contributed by atoms with van der Waals surface area (Å²) in [6.07, 6.45) is 2.63. The lowest BCUT2D eigenvalue weighted by Gasteiger charge is -2.38. The number of benzene rings is 1. The summed E-state index contributed by atoms with van der Waals surface area (Å²) < 4.78 is 33.0. The van der Waals surface area contributed by atoms with Crippen LogP contribution in [-0.4, -0.2) is 44.4 Å². The largest absolute Gasteiger partial charge is 0.381 e. The molecule has 126 valence electrons. The molecule has 1 atom stereocenters. The molecular weight excluding hydrogens is 316 g/mol. The molecule has 6 nitrogen and oxygen atoms in total. The Morgan fingerprint density at radius 2 is 2.00 bits per heavy atom. The Morgan fingerprint density at radius 1 is 1.30 bits per heavy atom. The topological polar surface area (TPSA) is 89.7 Å². The SMILES string of the molecule is CC1N(S(=O)(=O)c2cccc(C(N)=O)c2)CCC12CCOCC2. The lowest BCUT2D eigenvalue weighted by Crippen LogP contribution is -2.43. The highest BCUT2D eigenvalue weighted by Crippen LogP contribution is 2.46. The molecule has 0 aliphatic carbocycles. The zero-order chi connectivity index (χ0) is 16.7. The number of amides is 1. The van der Waals surface area contributed by atoms with Crippen LogP contribution in [0.4, 0.5) is 0 Å². The molecule has 2 aliphatic rings. The van der Waals surface area contributed by atoms with Crippen molar-refractivity contribution in [3.8, 4) is 0 Å². The summed E-state index contributed by atoms with van der Waals surface area (Å²) in [5, 5.41) is 0. The standard InChI is InChI=1S/C16H22N2O4S/c1-12-16(6-9-22-10-7-16)5-8-18(12)23(20,21)14-4-2-3-13(11-14)15(17)19/h2-4,11-12H,5-10H2,1H3,(H2,17,19). The number of rotatable bonds is 3. The monoisotopic (exact) mass is 338 g/mol. The van der Waals surface area contributed by atoms with Crippen LogP contribution in [0.25, 0.3) is 0 Å². The third-order valence-electron chi connectivity index (χ3n) is 5.36. The van der Waals surface area contributed by atoms with E-state index >= 15 is 0 Å². The van der Waals surface area contributed by atoms with Crippen LogP contribution < -0.4 is 5.73 Å². The first-order valence-electron chi connectivity index (χ1n) is 7.86. The minimum Gasteiger partial charge on any atom is -0.381 e. The van der Waals surface area contributed by atoms with Crippen molar-refractivity contribution in [1.82, 2.24) is 4.31 Å². The van der Waals surface area contributed by atoms with Crippen LogP contribution in [0.1, 0.15) is 36.5 Å². The second-order valence-electron chi connectivity index (χ2n) is 6.41. The Balaban J connectivity index is 1.91. The van der Waals surface area contributed by atoms with Gasteiger partial charge >= 0.3 is 0 Å². The van der Waals surface area contributed by atoms with Gasteiger partial charge in [-0.25, -0.2) is 8.42 Å². The van der Waals surface area contributed by atoms with E-state index in [0.717, 1.165) is 19.3 Å². The van der Waals surface area contributed by atoms with Crippen molar-refractivity contribution in [3.63, 3.8) is 0 Å². The van der Waals surface area contributed by atoms with E-state index in [-0.39, 0.29) is 21.9 Å². The lowest BCUT2D eigenvalue weighted by atomic mass is 9.75. The zero-order valence-electron chi connectivity index (χ0n) is 13.2. The van der Waals surface area contributed by atoms with Crippen molar-refractivity contribution in [3.05, 3.63) is 29.8 Å². The first-order valence-corrected chi connectivity index (χ1v) is 9.30. The average molecular weight is 338 g/mol. The summed E-state index contributed by atoms with van der Waals surface area (Å²) in [7, 11) is -3.63. The quantitative estimate of drug-likeness (QED) is 0.901. The highest BCUT2D eigenvalue weighted by atomic mass is 32.2. The van der Waals surface area contributed by atoms with Gasteiger partial charge in [0.25, 0.3) is 0 Å². The summed E-state index contributed by atoms with van der Waals surface area (Å²) in [5.41, 5.74) is 5.47. The molecule has 1 spiro atoms. The number of primary amides is 1. The van der Waals surface area contributed by atoms with Gasteiger partial charge in [0, 0.05) is 31.4 Å². The minimum atomic E-state index is -3.63. The van der Waals surface area contributed by atoms with Crippen LogP contribution in [0, 0.1) is 5.41 Å². The molecule has 2 saturated heterocycles. The summed E-state index contributed by atoms with van der Waals surface area (Å²) in [6, 6.07) is 5.88. The van der Waals surface area contributed by atoms with Crippen LogP contribution in [0.2, 0.25) is 0 Å². The molecular formula is C16H22N2O4S. The Bertz CT molecular complexity index is 711. The smallest absolute Gasteiger partial charge is 0.248 e. The van der Waals surface area contributed by atoms with Crippen molar-refractivity contribution in [1.29, 1.82) is 0 Å². The van der Waals surface area contributed by atoms with Crippen LogP contribution in [0.15, 0.2) is 29.2 Å². The predicted molar refractivity (Wildman–Crippen MR) is 85.4 cm³/mol. The molecule has 0 saturated carbocycles. The van der Waals surface area contributed by atoms with Crippen molar-refractivity contribution >= 4 is 15.9 Å². The maximum absolute atomic E-state index is 13.0. The minimum absolute atomic E-state index is 0.00656. The molecule has 0 bridgehead atoms. The van der Waals surface area contributed by atoms with E-state index < -0.39 is 15.9 Å². The molecule has 2 N–H and O–H groups in total. The van der Waals surface area contributed by atoms with Crippen LogP contribution in [0.5, 0.6) is 0 Å². The number of hydrogen-bond donors (Lipinski definition) is 1. The average Bonchev–Trinajstić information content (AvgIpc) is 2.85. The Labute approximate surface area is 136 Å². The fourth-order valence-corrected chi connectivity index (χ4v) is 5.53. The summed E-state index contributed by atoms with van der Waals surface area (Å²) in [4.78, 5) is 11.4. The molecule has 1 aromatic carbocycles. The maximum Gasteiger partial charge on any atom is 0.248 e. The first-order chi connectivity index (χ1) is 10.9. The van der Waals surface area contributed by atoms with E-state index in [2.05, 4.69) is 0 Å². The highest BCUT2D eigenvalue weighted by Gasteiger charge is 2.49. The number of ether oxygens (including phenoxy) is 1. The van der Waals surface area contributed by atoms with Gasteiger partial charge in [0.05, 0.1) is 4.90 Å². The molecule has 3 rings (SSSR count). The maximum atomic E-state index is 13.0. The van der Waals surface area contributed by atoms with Gasteiger partial charge in [0.1, 0.15) is 0 Å². The molecule has 1 unspecified atom stereocenters. The summed E-state index contributed by atoms with van der Waals surface area (Å²) >= 11 is 0. The van der Waals surface area contributed by atoms with E-state index in [4.69, 9.17) is 10.5 Å². The summed E-state index contributed by atoms with van der Waals surface area (Å²) in [6.45, 7) is 3.86. The number of carbonyl (C=O) groups is 1. The van der Waals surface area contributed by atoms with E-state index in [9.17, 15) is 13.2 Å². The third-order valence-corrected chi connectivity index (χ3v) is 7.33. The second kappa shape index (κ2) is 5.89. The van der Waals surface area contributed by atoms with Gasteiger partial charge in [0.2, 0.25) is 15.9 Å². The lowest BCUT2D eigenvalue weighted by molar-refractivity contribution is 0.00582. The Morgan fingerprint density at radius 3 is 2.65 bits per heavy atom. The first kappa shape index (κ1) is 16.4. The number of carbonyl (C=O) groups excluding carboxylic acids is 1. The van der Waals surface area contributed by atoms with Gasteiger partial charge < -0.3 is 10.5 Å². The number of hydrogen-bond acceptors (Lipinski definition) is 4.